The van der Waals surface area contributed by atoms with Crippen molar-refractivity contribution >= 4 is 22.5 Å². The van der Waals surface area contributed by atoms with Crippen molar-refractivity contribution in [2.75, 3.05) is 18.9 Å². The fourth-order valence-electron chi connectivity index (χ4n) is 2.27. The second-order valence-corrected chi connectivity index (χ2v) is 4.99. The molecule has 108 valence electrons. The maximum absolute atomic E-state index is 12.1. The van der Waals surface area contributed by atoms with Gasteiger partial charge < -0.3 is 21.1 Å². The molecule has 0 fully saturated rings. The molecule has 0 radical (unpaired) electrons. The first-order chi connectivity index (χ1) is 9.65. The quantitative estimate of drug-likeness (QED) is 0.607. The van der Waals surface area contributed by atoms with Gasteiger partial charge in [-0.25, -0.2) is 0 Å². The number of para-hydroxylation sites is 1. The Hall–Kier alpha value is -2.01. The Morgan fingerprint density at radius 1 is 1.50 bits per heavy atom. The highest BCUT2D eigenvalue weighted by Gasteiger charge is 2.12. The summed E-state index contributed by atoms with van der Waals surface area (Å²) < 4.78 is 0. The maximum Gasteiger partial charge on any atom is 0.267 e. The zero-order valence-corrected chi connectivity index (χ0v) is 11.6. The fraction of sp³-hybridized carbons (Fsp3) is 0.400. The van der Waals surface area contributed by atoms with Gasteiger partial charge in [-0.15, -0.1) is 0 Å². The largest absolute Gasteiger partial charge is 0.397 e. The third-order valence-electron chi connectivity index (χ3n) is 3.60. The van der Waals surface area contributed by atoms with Crippen molar-refractivity contribution in [2.45, 2.75) is 19.8 Å². The molecule has 2 rings (SSSR count). The van der Waals surface area contributed by atoms with Crippen LogP contribution in [0.1, 0.15) is 30.3 Å². The maximum atomic E-state index is 12.1. The van der Waals surface area contributed by atoms with E-state index in [0.29, 0.717) is 30.3 Å². The van der Waals surface area contributed by atoms with Gasteiger partial charge in [-0.3, -0.25) is 4.79 Å². The molecule has 0 saturated carbocycles. The van der Waals surface area contributed by atoms with Gasteiger partial charge in [-0.2, -0.15) is 0 Å². The first kappa shape index (κ1) is 14.4. The first-order valence-corrected chi connectivity index (χ1v) is 6.92. The highest BCUT2D eigenvalue weighted by atomic mass is 16.3. The summed E-state index contributed by atoms with van der Waals surface area (Å²) in [6, 6.07) is 7.38. The van der Waals surface area contributed by atoms with E-state index in [1.54, 1.807) is 12.1 Å². The van der Waals surface area contributed by atoms with Crippen LogP contribution in [0.15, 0.2) is 24.3 Å². The van der Waals surface area contributed by atoms with Crippen LogP contribution in [0, 0.1) is 5.92 Å². The highest BCUT2D eigenvalue weighted by Crippen LogP contribution is 2.21. The number of anilines is 1. The Bertz CT molecular complexity index is 592. The Labute approximate surface area is 118 Å². The van der Waals surface area contributed by atoms with Crippen molar-refractivity contribution in [3.05, 3.63) is 30.0 Å². The van der Waals surface area contributed by atoms with Crippen molar-refractivity contribution in [1.82, 2.24) is 10.3 Å². The Morgan fingerprint density at radius 3 is 2.95 bits per heavy atom. The van der Waals surface area contributed by atoms with Crippen LogP contribution in [0.25, 0.3) is 10.9 Å². The molecular formula is C15H21N3O2. The zero-order valence-electron chi connectivity index (χ0n) is 11.6. The molecule has 5 heteroatoms. The molecule has 0 aliphatic rings. The first-order valence-electron chi connectivity index (χ1n) is 6.92. The van der Waals surface area contributed by atoms with E-state index in [0.717, 1.165) is 17.3 Å². The summed E-state index contributed by atoms with van der Waals surface area (Å²) in [6.07, 6.45) is 1.64. The van der Waals surface area contributed by atoms with E-state index in [4.69, 9.17) is 10.8 Å². The molecule has 20 heavy (non-hydrogen) atoms. The van der Waals surface area contributed by atoms with Gasteiger partial charge in [-0.05, 0) is 24.5 Å². The molecule has 1 aromatic carbocycles. The van der Waals surface area contributed by atoms with Crippen molar-refractivity contribution in [3.8, 4) is 0 Å². The van der Waals surface area contributed by atoms with Crippen molar-refractivity contribution in [2.24, 2.45) is 5.92 Å². The highest BCUT2D eigenvalue weighted by molar-refractivity contribution is 6.00. The second-order valence-electron chi connectivity index (χ2n) is 4.99. The number of aromatic nitrogens is 1. The lowest BCUT2D eigenvalue weighted by Crippen LogP contribution is -2.29. The Morgan fingerprint density at radius 2 is 2.30 bits per heavy atom. The number of carbonyl (C=O) groups excluding carboxylic acids is 1. The van der Waals surface area contributed by atoms with Crippen LogP contribution < -0.4 is 11.1 Å². The number of hydrogen-bond donors (Lipinski definition) is 4. The molecule has 0 spiro atoms. The minimum absolute atomic E-state index is 0.142. The molecule has 1 heterocycles. The Balaban J connectivity index is 2.06. The molecule has 0 saturated heterocycles. The molecular weight excluding hydrogens is 254 g/mol. The Kier molecular flexibility index (Phi) is 4.63. The van der Waals surface area contributed by atoms with Crippen molar-refractivity contribution in [1.29, 1.82) is 0 Å². The van der Waals surface area contributed by atoms with E-state index in [9.17, 15) is 4.79 Å². The predicted octanol–water partition coefficient (Wildman–Crippen LogP) is 1.89. The van der Waals surface area contributed by atoms with Gasteiger partial charge in [0.15, 0.2) is 0 Å². The zero-order chi connectivity index (χ0) is 14.5. The van der Waals surface area contributed by atoms with Crippen molar-refractivity contribution in [3.63, 3.8) is 0 Å². The molecule has 5 nitrogen and oxygen atoms in total. The SMILES string of the molecule is CCC(CCO)CNC(=O)c1cc2cccc(N)c2[nH]1. The van der Waals surface area contributed by atoms with Crippen LogP contribution in [0.3, 0.4) is 0 Å². The molecule has 5 N–H and O–H groups in total. The summed E-state index contributed by atoms with van der Waals surface area (Å²) in [6.45, 7) is 2.77. The third-order valence-corrected chi connectivity index (χ3v) is 3.60. The van der Waals surface area contributed by atoms with Crippen LogP contribution in [-0.2, 0) is 0 Å². The van der Waals surface area contributed by atoms with E-state index in [1.807, 2.05) is 12.1 Å². The average Bonchev–Trinajstić information content (AvgIpc) is 2.88. The number of nitrogens with two attached hydrogens (primary N) is 1. The third kappa shape index (κ3) is 3.11. The van der Waals surface area contributed by atoms with Crippen LogP contribution in [-0.4, -0.2) is 29.1 Å². The number of rotatable bonds is 6. The number of benzene rings is 1. The van der Waals surface area contributed by atoms with Crippen molar-refractivity contribution < 1.29 is 9.90 Å². The molecule has 1 amide bonds. The van der Waals surface area contributed by atoms with Crippen LogP contribution in [0.4, 0.5) is 5.69 Å². The lowest BCUT2D eigenvalue weighted by molar-refractivity contribution is 0.0939. The predicted molar refractivity (Wildman–Crippen MR) is 80.5 cm³/mol. The number of fused-ring (bicyclic) bond motifs is 1. The number of H-pyrrole nitrogens is 1. The minimum Gasteiger partial charge on any atom is -0.397 e. The summed E-state index contributed by atoms with van der Waals surface area (Å²) in [5.74, 6) is 0.162. The van der Waals surface area contributed by atoms with Crippen LogP contribution >= 0.6 is 0 Å². The molecule has 1 atom stereocenters. The number of hydrogen-bond acceptors (Lipinski definition) is 3. The van der Waals surface area contributed by atoms with Gasteiger partial charge in [0.2, 0.25) is 0 Å². The number of aliphatic hydroxyl groups excluding tert-OH is 1. The summed E-state index contributed by atoms with van der Waals surface area (Å²) in [5, 5.41) is 12.8. The fourth-order valence-corrected chi connectivity index (χ4v) is 2.27. The van der Waals surface area contributed by atoms with E-state index in [1.165, 1.54) is 0 Å². The standard InChI is InChI=1S/C15H21N3O2/c1-2-10(6-7-19)9-17-15(20)13-8-11-4-3-5-12(16)14(11)18-13/h3-5,8,10,18-19H,2,6-7,9,16H2,1H3,(H,17,20). The molecule has 0 aliphatic heterocycles. The molecule has 1 aromatic heterocycles. The number of nitrogen functional groups attached to an aromatic ring is 1. The van der Waals surface area contributed by atoms with Gasteiger partial charge in [0.1, 0.15) is 5.69 Å². The number of aromatic amines is 1. The minimum atomic E-state index is -0.142. The molecule has 1 unspecified atom stereocenters. The number of amides is 1. The normalized spacial score (nSPS) is 12.5. The summed E-state index contributed by atoms with van der Waals surface area (Å²) in [4.78, 5) is 15.2. The second kappa shape index (κ2) is 6.43. The summed E-state index contributed by atoms with van der Waals surface area (Å²) >= 11 is 0. The molecule has 0 aliphatic carbocycles. The van der Waals surface area contributed by atoms with Gasteiger partial charge in [-0.1, -0.05) is 25.5 Å². The molecule has 0 bridgehead atoms. The van der Waals surface area contributed by atoms with Gasteiger partial charge >= 0.3 is 0 Å². The lowest BCUT2D eigenvalue weighted by Gasteiger charge is -2.13. The topological polar surface area (TPSA) is 91.1 Å². The molecule has 2 aromatic rings. The van der Waals surface area contributed by atoms with E-state index < -0.39 is 0 Å². The number of aliphatic hydroxyl groups is 1. The van der Waals surface area contributed by atoms with Gasteiger partial charge in [0.25, 0.3) is 5.91 Å². The summed E-state index contributed by atoms with van der Waals surface area (Å²) in [7, 11) is 0. The lowest BCUT2D eigenvalue weighted by atomic mass is 10.0. The van der Waals surface area contributed by atoms with Crippen LogP contribution in [0.5, 0.6) is 0 Å². The number of carbonyl (C=O) groups is 1. The van der Waals surface area contributed by atoms with E-state index >= 15 is 0 Å². The van der Waals surface area contributed by atoms with Crippen LogP contribution in [0.2, 0.25) is 0 Å². The monoisotopic (exact) mass is 275 g/mol. The van der Waals surface area contributed by atoms with Gasteiger partial charge in [0.05, 0.1) is 11.2 Å². The van der Waals surface area contributed by atoms with Gasteiger partial charge in [0, 0.05) is 18.5 Å². The number of nitrogens with one attached hydrogen (secondary N) is 2. The average molecular weight is 275 g/mol. The van der Waals surface area contributed by atoms with E-state index in [2.05, 4.69) is 17.2 Å². The van der Waals surface area contributed by atoms with E-state index in [-0.39, 0.29) is 12.5 Å². The smallest absolute Gasteiger partial charge is 0.267 e. The summed E-state index contributed by atoms with van der Waals surface area (Å²) in [5.41, 5.74) is 7.80.